The zero-order valence-electron chi connectivity index (χ0n) is 8.65. The maximum Gasteiger partial charge on any atom is 0.235 e. The Labute approximate surface area is 82.8 Å². The molecule has 0 saturated heterocycles. The average molecular weight is 190 g/mol. The molecule has 0 fully saturated rings. The van der Waals surface area contributed by atoms with Crippen LogP contribution >= 0.6 is 0 Å². The number of anilines is 1. The topological polar surface area (TPSA) is 56.2 Å². The number of fused-ring (bicyclic) bond motifs is 1. The lowest BCUT2D eigenvalue weighted by molar-refractivity contribution is 0.575. The number of hydrogen-bond donors (Lipinski definition) is 1. The van der Waals surface area contributed by atoms with E-state index in [0.717, 1.165) is 5.69 Å². The minimum absolute atomic E-state index is 0.0439. The van der Waals surface area contributed by atoms with Gasteiger partial charge in [0.05, 0.1) is 5.69 Å². The molecule has 0 atom stereocenters. The van der Waals surface area contributed by atoms with Gasteiger partial charge in [-0.25, -0.2) is 9.97 Å². The molecule has 14 heavy (non-hydrogen) atoms. The molecule has 0 aliphatic rings. The summed E-state index contributed by atoms with van der Waals surface area (Å²) in [5.41, 5.74) is 6.84. The Morgan fingerprint density at radius 1 is 1.36 bits per heavy atom. The van der Waals surface area contributed by atoms with Gasteiger partial charge in [0.15, 0.2) is 0 Å². The normalized spacial score (nSPS) is 12.2. The smallest absolute Gasteiger partial charge is 0.235 e. The highest BCUT2D eigenvalue weighted by atomic mass is 15.1. The summed E-state index contributed by atoms with van der Waals surface area (Å²) in [6.07, 6.45) is 3.59. The van der Waals surface area contributed by atoms with E-state index in [2.05, 4.69) is 30.7 Å². The Kier molecular flexibility index (Phi) is 1.74. The van der Waals surface area contributed by atoms with Crippen LogP contribution in [0.15, 0.2) is 18.5 Å². The number of nitrogens with zero attached hydrogens (tertiary/aromatic N) is 3. The molecule has 0 bridgehead atoms. The lowest BCUT2D eigenvalue weighted by Crippen LogP contribution is -2.14. The minimum Gasteiger partial charge on any atom is -0.383 e. The number of aromatic nitrogens is 3. The molecule has 4 nitrogen and oxygen atoms in total. The van der Waals surface area contributed by atoms with Crippen LogP contribution in [-0.2, 0) is 5.41 Å². The molecular formula is C10H14N4. The predicted molar refractivity (Wildman–Crippen MR) is 56.1 cm³/mol. The summed E-state index contributed by atoms with van der Waals surface area (Å²) < 4.78 is 1.81. The highest BCUT2D eigenvalue weighted by Gasteiger charge is 2.22. The monoisotopic (exact) mass is 190 g/mol. The van der Waals surface area contributed by atoms with E-state index in [1.165, 1.54) is 0 Å². The lowest BCUT2D eigenvalue weighted by Gasteiger charge is -2.15. The van der Waals surface area contributed by atoms with E-state index >= 15 is 0 Å². The Morgan fingerprint density at radius 2 is 2.07 bits per heavy atom. The fourth-order valence-corrected chi connectivity index (χ4v) is 1.46. The van der Waals surface area contributed by atoms with Gasteiger partial charge in [0, 0.05) is 17.8 Å². The number of rotatable bonds is 0. The van der Waals surface area contributed by atoms with Crippen molar-refractivity contribution >= 4 is 11.6 Å². The Bertz CT molecular complexity index is 464. The maximum atomic E-state index is 5.99. The highest BCUT2D eigenvalue weighted by molar-refractivity contribution is 5.50. The van der Waals surface area contributed by atoms with Gasteiger partial charge in [-0.3, -0.25) is 4.40 Å². The second-order valence-electron chi connectivity index (χ2n) is 4.39. The standard InChI is InChI=1S/C10H14N4/c1-10(2,3)7-8(11)14-6-4-5-12-9(14)13-7/h4-6H,11H2,1-3H3. The fraction of sp³-hybridized carbons (Fsp3) is 0.400. The van der Waals surface area contributed by atoms with Gasteiger partial charge in [0.1, 0.15) is 5.82 Å². The Hall–Kier alpha value is -1.58. The summed E-state index contributed by atoms with van der Waals surface area (Å²) in [7, 11) is 0. The zero-order valence-corrected chi connectivity index (χ0v) is 8.65. The van der Waals surface area contributed by atoms with Crippen molar-refractivity contribution < 1.29 is 0 Å². The van der Waals surface area contributed by atoms with Gasteiger partial charge in [-0.05, 0) is 6.07 Å². The molecule has 0 aliphatic carbocycles. The molecule has 4 heteroatoms. The summed E-state index contributed by atoms with van der Waals surface area (Å²) in [5, 5.41) is 0. The Balaban J connectivity index is 2.75. The van der Waals surface area contributed by atoms with Crippen molar-refractivity contribution in [3.63, 3.8) is 0 Å². The van der Waals surface area contributed by atoms with Crippen LogP contribution in [-0.4, -0.2) is 14.4 Å². The molecule has 0 unspecified atom stereocenters. The third-order valence-electron chi connectivity index (χ3n) is 2.15. The fourth-order valence-electron chi connectivity index (χ4n) is 1.46. The largest absolute Gasteiger partial charge is 0.383 e. The molecule has 0 amide bonds. The van der Waals surface area contributed by atoms with Gasteiger partial charge in [-0.1, -0.05) is 20.8 Å². The van der Waals surface area contributed by atoms with Crippen LogP contribution in [0.2, 0.25) is 0 Å². The van der Waals surface area contributed by atoms with Crippen molar-refractivity contribution in [1.29, 1.82) is 0 Å². The van der Waals surface area contributed by atoms with Crippen LogP contribution in [0.3, 0.4) is 0 Å². The molecule has 0 saturated carbocycles. The molecule has 2 rings (SSSR count). The first-order chi connectivity index (χ1) is 6.50. The predicted octanol–water partition coefficient (Wildman–Crippen LogP) is 1.61. The molecule has 2 N–H and O–H groups in total. The maximum absolute atomic E-state index is 5.99. The van der Waals surface area contributed by atoms with E-state index in [0.29, 0.717) is 11.6 Å². The number of nitrogens with two attached hydrogens (primary N) is 1. The molecule has 0 spiro atoms. The summed E-state index contributed by atoms with van der Waals surface area (Å²) >= 11 is 0. The number of imidazole rings is 1. The quantitative estimate of drug-likeness (QED) is 0.686. The first-order valence-electron chi connectivity index (χ1n) is 4.59. The molecule has 0 aliphatic heterocycles. The summed E-state index contributed by atoms with van der Waals surface area (Å²) in [5.74, 6) is 1.34. The van der Waals surface area contributed by atoms with Crippen molar-refractivity contribution in [1.82, 2.24) is 14.4 Å². The average Bonchev–Trinajstić information content (AvgIpc) is 2.44. The third kappa shape index (κ3) is 1.23. The molecule has 2 aromatic heterocycles. The Morgan fingerprint density at radius 3 is 2.64 bits per heavy atom. The van der Waals surface area contributed by atoms with Crippen LogP contribution in [0.25, 0.3) is 5.78 Å². The van der Waals surface area contributed by atoms with E-state index in [4.69, 9.17) is 5.73 Å². The first-order valence-corrected chi connectivity index (χ1v) is 4.59. The third-order valence-corrected chi connectivity index (χ3v) is 2.15. The number of hydrogen-bond acceptors (Lipinski definition) is 3. The van der Waals surface area contributed by atoms with E-state index in [-0.39, 0.29) is 5.41 Å². The molecule has 2 heterocycles. The summed E-state index contributed by atoms with van der Waals surface area (Å²) in [4.78, 5) is 8.56. The molecule has 0 radical (unpaired) electrons. The lowest BCUT2D eigenvalue weighted by atomic mass is 9.92. The number of nitrogen functional groups attached to an aromatic ring is 1. The zero-order chi connectivity index (χ0) is 10.3. The van der Waals surface area contributed by atoms with E-state index < -0.39 is 0 Å². The van der Waals surface area contributed by atoms with Gasteiger partial charge < -0.3 is 5.73 Å². The second-order valence-corrected chi connectivity index (χ2v) is 4.39. The summed E-state index contributed by atoms with van der Waals surface area (Å²) in [6.45, 7) is 6.27. The van der Waals surface area contributed by atoms with E-state index in [1.807, 2.05) is 12.3 Å². The van der Waals surface area contributed by atoms with Gasteiger partial charge in [0.2, 0.25) is 5.78 Å². The van der Waals surface area contributed by atoms with Crippen molar-refractivity contribution in [2.75, 3.05) is 5.73 Å². The van der Waals surface area contributed by atoms with E-state index in [1.54, 1.807) is 10.6 Å². The molecule has 74 valence electrons. The van der Waals surface area contributed by atoms with Gasteiger partial charge >= 0.3 is 0 Å². The molecule has 2 aromatic rings. The van der Waals surface area contributed by atoms with Crippen LogP contribution < -0.4 is 5.73 Å². The molecular weight excluding hydrogens is 176 g/mol. The van der Waals surface area contributed by atoms with Crippen molar-refractivity contribution in [3.8, 4) is 0 Å². The van der Waals surface area contributed by atoms with Gasteiger partial charge in [-0.2, -0.15) is 0 Å². The highest BCUT2D eigenvalue weighted by Crippen LogP contribution is 2.26. The van der Waals surface area contributed by atoms with Crippen molar-refractivity contribution in [2.24, 2.45) is 0 Å². The van der Waals surface area contributed by atoms with Crippen molar-refractivity contribution in [2.45, 2.75) is 26.2 Å². The minimum atomic E-state index is -0.0439. The first kappa shape index (κ1) is 8.99. The van der Waals surface area contributed by atoms with Gasteiger partial charge in [-0.15, -0.1) is 0 Å². The van der Waals surface area contributed by atoms with Crippen LogP contribution in [0, 0.1) is 0 Å². The van der Waals surface area contributed by atoms with E-state index in [9.17, 15) is 0 Å². The SMILES string of the molecule is CC(C)(C)c1nc2ncccn2c1N. The van der Waals surface area contributed by atoms with Crippen molar-refractivity contribution in [3.05, 3.63) is 24.2 Å². The molecule has 0 aromatic carbocycles. The summed E-state index contributed by atoms with van der Waals surface area (Å²) in [6, 6.07) is 1.84. The van der Waals surface area contributed by atoms with Crippen LogP contribution in [0.4, 0.5) is 5.82 Å². The van der Waals surface area contributed by atoms with Crippen LogP contribution in [0.1, 0.15) is 26.5 Å². The second kappa shape index (κ2) is 2.70. The van der Waals surface area contributed by atoms with Crippen LogP contribution in [0.5, 0.6) is 0 Å². The van der Waals surface area contributed by atoms with Gasteiger partial charge in [0.25, 0.3) is 0 Å².